The summed E-state index contributed by atoms with van der Waals surface area (Å²) in [5.74, 6) is -1.08. The Labute approximate surface area is 89.2 Å². The van der Waals surface area contributed by atoms with E-state index < -0.39 is 18.8 Å². The van der Waals surface area contributed by atoms with Crippen molar-refractivity contribution in [1.82, 2.24) is 0 Å². The lowest BCUT2D eigenvalue weighted by Gasteiger charge is -2.24. The largest absolute Gasteiger partial charge is 0.491 e. The van der Waals surface area contributed by atoms with Crippen molar-refractivity contribution >= 4 is 17.8 Å². The first-order valence-corrected chi connectivity index (χ1v) is 4.49. The molecule has 0 fully saturated rings. The lowest BCUT2D eigenvalue weighted by atomic mass is 10.2. The van der Waals surface area contributed by atoms with Crippen LogP contribution in [0.25, 0.3) is 0 Å². The number of amides is 1. The molecule has 0 aliphatic carbocycles. The highest BCUT2D eigenvalue weighted by atomic mass is 19.4. The molecule has 0 aromatic heterocycles. The number of halogens is 3. The number of aliphatic imine (C=N–C) groups is 1. The van der Waals surface area contributed by atoms with E-state index in [-0.39, 0.29) is 16.2 Å². The molecule has 1 aromatic carbocycles. The molecule has 1 heterocycles. The van der Waals surface area contributed by atoms with E-state index in [4.69, 9.17) is 0 Å². The van der Waals surface area contributed by atoms with Crippen molar-refractivity contribution in [2.75, 3.05) is 11.4 Å². The summed E-state index contributed by atoms with van der Waals surface area (Å²) in [7, 11) is 0. The van der Waals surface area contributed by atoms with Crippen LogP contribution in [0.2, 0.25) is 0 Å². The van der Waals surface area contributed by atoms with E-state index in [0.29, 0.717) is 0 Å². The van der Waals surface area contributed by atoms with Gasteiger partial charge in [-0.1, -0.05) is 18.2 Å². The number of carbonyl (C=O) groups is 1. The van der Waals surface area contributed by atoms with Gasteiger partial charge in [-0.15, -0.1) is 13.2 Å². The van der Waals surface area contributed by atoms with Crippen LogP contribution in [0, 0.1) is 0 Å². The average molecular weight is 228 g/mol. The van der Waals surface area contributed by atoms with Crippen LogP contribution in [0.1, 0.15) is 5.56 Å². The molecule has 0 atom stereocenters. The van der Waals surface area contributed by atoms with Gasteiger partial charge in [0.1, 0.15) is 6.54 Å². The molecule has 0 unspecified atom stereocenters. The molecule has 0 saturated carbocycles. The quantitative estimate of drug-likeness (QED) is 0.625. The number of hydrogen-bond acceptors (Lipinski definition) is 2. The number of anilines is 1. The highest BCUT2D eigenvalue weighted by Crippen LogP contribution is 2.31. The molecule has 1 aliphatic rings. The van der Waals surface area contributed by atoms with Crippen molar-refractivity contribution in [2.24, 2.45) is 4.99 Å². The topological polar surface area (TPSA) is 32.7 Å². The van der Waals surface area contributed by atoms with Gasteiger partial charge in [-0.3, -0.25) is 9.79 Å². The molecule has 3 nitrogen and oxygen atoms in total. The normalized spacial score (nSPS) is 15.9. The van der Waals surface area contributed by atoms with E-state index in [1.54, 1.807) is 6.07 Å². The van der Waals surface area contributed by atoms with Gasteiger partial charge in [0.05, 0.1) is 5.69 Å². The predicted octanol–water partition coefficient (Wildman–Crippen LogP) is 1.97. The first-order valence-electron chi connectivity index (χ1n) is 4.49. The fourth-order valence-electron chi connectivity index (χ4n) is 1.51. The smallest absolute Gasteiger partial charge is 0.283 e. The number of fused-ring (bicyclic) bond motifs is 1. The maximum absolute atomic E-state index is 12.7. The third kappa shape index (κ3) is 1.78. The van der Waals surface area contributed by atoms with Gasteiger partial charge in [-0.25, -0.2) is 4.90 Å². The highest BCUT2D eigenvalue weighted by Gasteiger charge is 2.43. The number of rotatable bonds is 0. The number of para-hydroxylation sites is 1. The zero-order valence-corrected chi connectivity index (χ0v) is 8.03. The van der Waals surface area contributed by atoms with Crippen LogP contribution >= 0.6 is 0 Å². The van der Waals surface area contributed by atoms with Gasteiger partial charge in [-0.2, -0.15) is 0 Å². The van der Waals surface area contributed by atoms with E-state index in [9.17, 15) is 18.0 Å². The number of benzene rings is 1. The average Bonchev–Trinajstić information content (AvgIpc) is 2.34. The molecule has 0 saturated heterocycles. The summed E-state index contributed by atoms with van der Waals surface area (Å²) in [5, 5.41) is 0. The number of nitrogens with zero attached hydrogens (tertiary/aromatic N) is 2. The van der Waals surface area contributed by atoms with Gasteiger partial charge >= 0.3 is 6.30 Å². The molecule has 0 radical (unpaired) electrons. The van der Waals surface area contributed by atoms with Crippen molar-refractivity contribution in [3.8, 4) is 0 Å². The van der Waals surface area contributed by atoms with E-state index >= 15 is 0 Å². The third-order valence-electron chi connectivity index (χ3n) is 2.14. The van der Waals surface area contributed by atoms with Crippen molar-refractivity contribution in [3.63, 3.8) is 0 Å². The lowest BCUT2D eigenvalue weighted by Crippen LogP contribution is -2.44. The minimum absolute atomic E-state index is 0.171. The molecule has 0 bridgehead atoms. The molecular formula is C10H7F3N2O. The Kier molecular flexibility index (Phi) is 2.41. The van der Waals surface area contributed by atoms with Crippen molar-refractivity contribution in [1.29, 1.82) is 0 Å². The fraction of sp³-hybridized carbons (Fsp3) is 0.200. The summed E-state index contributed by atoms with van der Waals surface area (Å²) in [6, 6.07) is 5.77. The number of carbonyl (C=O) groups excluding carboxylic acids is 1. The second-order valence-corrected chi connectivity index (χ2v) is 3.23. The monoisotopic (exact) mass is 228 g/mol. The van der Waals surface area contributed by atoms with Crippen LogP contribution < -0.4 is 4.90 Å². The van der Waals surface area contributed by atoms with Crippen LogP contribution in [-0.4, -0.2) is 25.0 Å². The number of alkyl halides is 3. The molecule has 84 valence electrons. The highest BCUT2D eigenvalue weighted by molar-refractivity contribution is 6.03. The minimum atomic E-state index is -4.72. The van der Waals surface area contributed by atoms with Gasteiger partial charge in [0.2, 0.25) is 0 Å². The van der Waals surface area contributed by atoms with Gasteiger partial charge in [0.25, 0.3) is 5.91 Å². The van der Waals surface area contributed by atoms with Gasteiger partial charge in [0.15, 0.2) is 0 Å². The zero-order chi connectivity index (χ0) is 11.8. The Hall–Kier alpha value is -1.85. The van der Waals surface area contributed by atoms with E-state index in [1.165, 1.54) is 24.4 Å². The Morgan fingerprint density at radius 1 is 1.25 bits per heavy atom. The first kappa shape index (κ1) is 10.7. The van der Waals surface area contributed by atoms with Crippen LogP contribution in [0.4, 0.5) is 18.9 Å². The number of hydrogen-bond donors (Lipinski definition) is 0. The SMILES string of the molecule is O=C1CN=Cc2ccccc2N1C(F)(F)F. The standard InChI is InChI=1S/C10H7F3N2O/c11-10(12,13)15-8-4-2-1-3-7(8)5-14-6-9(15)16/h1-5H,6H2. The van der Waals surface area contributed by atoms with Crippen LogP contribution in [0.3, 0.4) is 0 Å². The second-order valence-electron chi connectivity index (χ2n) is 3.23. The van der Waals surface area contributed by atoms with Crippen LogP contribution in [-0.2, 0) is 4.79 Å². The lowest BCUT2D eigenvalue weighted by molar-refractivity contribution is -0.148. The van der Waals surface area contributed by atoms with E-state index in [0.717, 1.165) is 0 Å². The Morgan fingerprint density at radius 2 is 1.94 bits per heavy atom. The second kappa shape index (κ2) is 3.62. The maximum Gasteiger partial charge on any atom is 0.491 e. The summed E-state index contributed by atoms with van der Waals surface area (Å²) in [6.45, 7) is -0.492. The molecular weight excluding hydrogens is 221 g/mol. The van der Waals surface area contributed by atoms with Gasteiger partial charge in [0, 0.05) is 11.8 Å². The predicted molar refractivity (Wildman–Crippen MR) is 52.4 cm³/mol. The Balaban J connectivity index is 2.57. The van der Waals surface area contributed by atoms with Gasteiger partial charge < -0.3 is 0 Å². The molecule has 2 rings (SSSR count). The molecule has 1 aliphatic heterocycles. The summed E-state index contributed by atoms with van der Waals surface area (Å²) < 4.78 is 38.1. The van der Waals surface area contributed by atoms with E-state index in [1.807, 2.05) is 0 Å². The first-order chi connectivity index (χ1) is 7.50. The Morgan fingerprint density at radius 3 is 2.62 bits per heavy atom. The van der Waals surface area contributed by atoms with E-state index in [2.05, 4.69) is 4.99 Å². The molecule has 0 spiro atoms. The summed E-state index contributed by atoms with van der Waals surface area (Å²) >= 11 is 0. The summed E-state index contributed by atoms with van der Waals surface area (Å²) in [5.41, 5.74) is 0.104. The van der Waals surface area contributed by atoms with Crippen LogP contribution in [0.5, 0.6) is 0 Å². The summed E-state index contributed by atoms with van der Waals surface area (Å²) in [4.78, 5) is 14.8. The molecule has 6 heteroatoms. The third-order valence-corrected chi connectivity index (χ3v) is 2.14. The zero-order valence-electron chi connectivity index (χ0n) is 8.03. The Bertz CT molecular complexity index is 454. The van der Waals surface area contributed by atoms with Crippen molar-refractivity contribution < 1.29 is 18.0 Å². The molecule has 1 aromatic rings. The minimum Gasteiger partial charge on any atom is -0.283 e. The van der Waals surface area contributed by atoms with Crippen molar-refractivity contribution in [3.05, 3.63) is 29.8 Å². The van der Waals surface area contributed by atoms with Gasteiger partial charge in [-0.05, 0) is 6.07 Å². The summed E-state index contributed by atoms with van der Waals surface area (Å²) in [6.07, 6.45) is -3.44. The molecule has 16 heavy (non-hydrogen) atoms. The fourth-order valence-corrected chi connectivity index (χ4v) is 1.51. The van der Waals surface area contributed by atoms with Crippen molar-refractivity contribution in [2.45, 2.75) is 6.30 Å². The molecule has 0 N–H and O–H groups in total. The molecule has 1 amide bonds. The maximum atomic E-state index is 12.7. The van der Waals surface area contributed by atoms with Crippen LogP contribution in [0.15, 0.2) is 29.3 Å². The number of benzodiazepines with no additional fused rings is 1.